The van der Waals surface area contributed by atoms with Gasteiger partial charge < -0.3 is 14.6 Å². The van der Waals surface area contributed by atoms with Gasteiger partial charge in [-0.15, -0.1) is 9.24 Å². The van der Waals surface area contributed by atoms with Crippen molar-refractivity contribution in [1.82, 2.24) is 14.8 Å². The van der Waals surface area contributed by atoms with Crippen molar-refractivity contribution >= 4 is 43.7 Å². The number of nitrogens with zero attached hydrogens (tertiary/aromatic N) is 3. The predicted octanol–water partition coefficient (Wildman–Crippen LogP) is 2.71. The molecule has 0 spiro atoms. The van der Waals surface area contributed by atoms with E-state index in [0.717, 1.165) is 0 Å². The Balaban J connectivity index is 1.71. The molecular formula is C19H21ClFN4O3P. The molecule has 1 aliphatic rings. The molecule has 10 heteroatoms. The van der Waals surface area contributed by atoms with Crippen molar-refractivity contribution in [2.45, 2.75) is 25.6 Å². The fourth-order valence-corrected chi connectivity index (χ4v) is 3.22. The zero-order chi connectivity index (χ0) is 21.3. The van der Waals surface area contributed by atoms with E-state index in [1.165, 1.54) is 15.5 Å². The number of nitrogens with one attached hydrogen (secondary N) is 1. The van der Waals surface area contributed by atoms with E-state index in [2.05, 4.69) is 26.1 Å². The minimum absolute atomic E-state index is 0.119. The molecule has 1 N–H and O–H groups in total. The molecule has 1 amide bonds. The molecule has 154 valence electrons. The van der Waals surface area contributed by atoms with Gasteiger partial charge in [-0.1, -0.05) is 18.2 Å². The van der Waals surface area contributed by atoms with E-state index >= 15 is 0 Å². The smallest absolute Gasteiger partial charge is 0.408 e. The molecule has 3 atom stereocenters. The highest BCUT2D eigenvalue weighted by molar-refractivity contribution is 7.23. The summed E-state index contributed by atoms with van der Waals surface area (Å²) in [4.78, 5) is 30.6. The Morgan fingerprint density at radius 3 is 2.97 bits per heavy atom. The van der Waals surface area contributed by atoms with Crippen LogP contribution in [-0.2, 0) is 11.3 Å². The van der Waals surface area contributed by atoms with Crippen LogP contribution in [0.2, 0.25) is 5.02 Å². The molecule has 0 radical (unpaired) electrons. The number of benzene rings is 1. The summed E-state index contributed by atoms with van der Waals surface area (Å²) in [6.07, 6.45) is 1.39. The number of fused-ring (bicyclic) bond motifs is 1. The molecule has 0 aliphatic carbocycles. The quantitative estimate of drug-likeness (QED) is 0.555. The van der Waals surface area contributed by atoms with Crippen molar-refractivity contribution < 1.29 is 13.6 Å². The summed E-state index contributed by atoms with van der Waals surface area (Å²) in [5.41, 5.74) is 0.811. The van der Waals surface area contributed by atoms with E-state index in [1.807, 2.05) is 6.92 Å². The first-order valence-corrected chi connectivity index (χ1v) is 9.79. The number of aliphatic imine (C=N–C) groups is 1. The van der Waals surface area contributed by atoms with Gasteiger partial charge in [0, 0.05) is 12.1 Å². The van der Waals surface area contributed by atoms with E-state index in [4.69, 9.17) is 16.0 Å². The normalized spacial score (nSPS) is 19.2. The second kappa shape index (κ2) is 8.51. The lowest BCUT2D eigenvalue weighted by Crippen LogP contribution is -2.41. The van der Waals surface area contributed by atoms with Crippen LogP contribution in [0.15, 0.2) is 56.2 Å². The Bertz CT molecular complexity index is 1090. The van der Waals surface area contributed by atoms with Gasteiger partial charge in [-0.05, 0) is 36.5 Å². The maximum Gasteiger partial charge on any atom is 0.420 e. The Hall–Kier alpha value is -2.44. The number of amidine groups is 1. The number of rotatable bonds is 6. The summed E-state index contributed by atoms with van der Waals surface area (Å²) in [6, 6.07) is 4.25. The molecule has 2 heterocycles. The lowest BCUT2D eigenvalue weighted by molar-refractivity contribution is -0.129. The van der Waals surface area contributed by atoms with Crippen LogP contribution < -0.4 is 11.1 Å². The van der Waals surface area contributed by atoms with Gasteiger partial charge in [0.05, 0.1) is 24.1 Å². The van der Waals surface area contributed by atoms with Crippen LogP contribution in [0.25, 0.3) is 11.1 Å². The summed E-state index contributed by atoms with van der Waals surface area (Å²) in [7, 11) is 3.82. The SMILES string of the molecule is C=C(P)/C(F)=C\C1N=C(CN(C)C(=O)Cn2c(=O)oc3ccc(Cl)cc32)NC1C. The predicted molar refractivity (Wildman–Crippen MR) is 115 cm³/mol. The standard InChI is InChI=1S/C19H21ClFN4O3P/c1-10-14(7-13(21)11(2)29)23-17(22-10)8-24(3)18(26)9-25-15-6-12(20)4-5-16(15)28-19(25)27/h4-7,10,14H,2,8-9,29H2,1,3H3,(H,22,23)/b13-7+. The molecule has 0 saturated carbocycles. The fraction of sp³-hybridized carbons (Fsp3) is 0.316. The molecule has 0 saturated heterocycles. The molecular weight excluding hydrogens is 418 g/mol. The van der Waals surface area contributed by atoms with Gasteiger partial charge in [-0.25, -0.2) is 9.18 Å². The highest BCUT2D eigenvalue weighted by atomic mass is 35.5. The van der Waals surface area contributed by atoms with Crippen molar-refractivity contribution in [3.63, 3.8) is 0 Å². The number of hydrogen-bond donors (Lipinski definition) is 1. The Labute approximate surface area is 174 Å². The number of aromatic nitrogens is 1. The average molecular weight is 439 g/mol. The lowest BCUT2D eigenvalue weighted by atomic mass is 10.1. The Kier molecular flexibility index (Phi) is 6.24. The number of carbonyl (C=O) groups excluding carboxylic acids is 1. The molecule has 3 rings (SSSR count). The summed E-state index contributed by atoms with van der Waals surface area (Å²) < 4.78 is 20.2. The van der Waals surface area contributed by atoms with Crippen LogP contribution in [0.5, 0.6) is 0 Å². The monoisotopic (exact) mass is 438 g/mol. The van der Waals surface area contributed by atoms with E-state index in [0.29, 0.717) is 22.0 Å². The number of allylic oxidation sites excluding steroid dienone is 2. The first-order chi connectivity index (χ1) is 13.7. The Morgan fingerprint density at radius 1 is 1.55 bits per heavy atom. The maximum atomic E-state index is 13.8. The van der Waals surface area contributed by atoms with E-state index in [-0.39, 0.29) is 30.4 Å². The van der Waals surface area contributed by atoms with E-state index in [9.17, 15) is 14.0 Å². The van der Waals surface area contributed by atoms with Crippen LogP contribution in [0.4, 0.5) is 4.39 Å². The first kappa shape index (κ1) is 21.3. The van der Waals surface area contributed by atoms with Crippen LogP contribution in [0.1, 0.15) is 6.92 Å². The van der Waals surface area contributed by atoms with Crippen molar-refractivity contribution in [2.24, 2.45) is 4.99 Å². The topological polar surface area (TPSA) is 79.8 Å². The first-order valence-electron chi connectivity index (χ1n) is 8.84. The minimum Gasteiger partial charge on any atom is -0.408 e. The van der Waals surface area contributed by atoms with Crippen LogP contribution >= 0.6 is 20.8 Å². The van der Waals surface area contributed by atoms with Crippen LogP contribution in [0, 0.1) is 0 Å². The highest BCUT2D eigenvalue weighted by Gasteiger charge is 2.26. The third-order valence-electron chi connectivity index (χ3n) is 4.57. The number of hydrogen-bond acceptors (Lipinski definition) is 5. The molecule has 1 aromatic heterocycles. The molecule has 0 fully saturated rings. The summed E-state index contributed by atoms with van der Waals surface area (Å²) in [5.74, 6) is -0.820. The molecule has 1 aromatic carbocycles. The summed E-state index contributed by atoms with van der Waals surface area (Å²) in [5, 5.41) is 3.84. The number of carbonyl (C=O) groups is 1. The third kappa shape index (κ3) is 4.77. The fourth-order valence-electron chi connectivity index (χ4n) is 2.96. The number of likely N-dealkylation sites (N-methyl/N-ethyl adjacent to an activating group) is 1. The van der Waals surface area contributed by atoms with Crippen LogP contribution in [0.3, 0.4) is 0 Å². The van der Waals surface area contributed by atoms with Gasteiger partial charge >= 0.3 is 5.76 Å². The van der Waals surface area contributed by atoms with Gasteiger partial charge in [0.2, 0.25) is 5.91 Å². The number of oxazole rings is 1. The Morgan fingerprint density at radius 2 is 2.28 bits per heavy atom. The molecule has 0 bridgehead atoms. The molecule has 3 unspecified atom stereocenters. The lowest BCUT2D eigenvalue weighted by Gasteiger charge is -2.18. The van der Waals surface area contributed by atoms with Crippen molar-refractivity contribution in [3.05, 3.63) is 57.6 Å². The van der Waals surface area contributed by atoms with Gasteiger partial charge in [0.1, 0.15) is 18.2 Å². The second-order valence-electron chi connectivity index (χ2n) is 6.86. The minimum atomic E-state index is -0.632. The van der Waals surface area contributed by atoms with E-state index in [1.54, 1.807) is 25.2 Å². The zero-order valence-electron chi connectivity index (χ0n) is 16.0. The highest BCUT2D eigenvalue weighted by Crippen LogP contribution is 2.20. The summed E-state index contributed by atoms with van der Waals surface area (Å²) >= 11 is 5.98. The molecule has 29 heavy (non-hydrogen) atoms. The maximum absolute atomic E-state index is 13.8. The third-order valence-corrected chi connectivity index (χ3v) is 5.08. The molecule has 1 aliphatic heterocycles. The molecule has 7 nitrogen and oxygen atoms in total. The largest absolute Gasteiger partial charge is 0.420 e. The second-order valence-corrected chi connectivity index (χ2v) is 7.99. The molecule has 2 aromatic rings. The van der Waals surface area contributed by atoms with Crippen molar-refractivity contribution in [3.8, 4) is 0 Å². The van der Waals surface area contributed by atoms with Gasteiger partial charge in [0.25, 0.3) is 0 Å². The average Bonchev–Trinajstić information content (AvgIpc) is 3.14. The van der Waals surface area contributed by atoms with Gasteiger partial charge in [-0.3, -0.25) is 14.4 Å². The van der Waals surface area contributed by atoms with Gasteiger partial charge in [0.15, 0.2) is 5.58 Å². The van der Waals surface area contributed by atoms with Crippen molar-refractivity contribution in [2.75, 3.05) is 13.6 Å². The van der Waals surface area contributed by atoms with Crippen molar-refractivity contribution in [1.29, 1.82) is 0 Å². The summed E-state index contributed by atoms with van der Waals surface area (Å²) in [6.45, 7) is 5.41. The van der Waals surface area contributed by atoms with Gasteiger partial charge in [-0.2, -0.15) is 0 Å². The van der Waals surface area contributed by atoms with Crippen LogP contribution in [-0.4, -0.2) is 46.9 Å². The zero-order valence-corrected chi connectivity index (χ0v) is 17.9. The number of amides is 1. The van der Waals surface area contributed by atoms with E-state index < -0.39 is 17.6 Å². The number of halogens is 2.